The Morgan fingerprint density at radius 3 is 2.49 bits per heavy atom. The minimum atomic E-state index is -0.544. The predicted molar refractivity (Wildman–Crippen MR) is 143 cm³/mol. The fraction of sp³-hybridized carbons (Fsp3) is 0.261. The Hall–Kier alpha value is -2.40. The maximum Gasteiger partial charge on any atom is 0.267 e. The molecule has 1 fully saturated rings. The van der Waals surface area contributed by atoms with Crippen molar-refractivity contribution in [1.29, 1.82) is 0 Å². The van der Waals surface area contributed by atoms with Crippen LogP contribution in [0, 0.1) is 0 Å². The van der Waals surface area contributed by atoms with Crippen LogP contribution < -0.4 is 16.4 Å². The van der Waals surface area contributed by atoms with E-state index in [2.05, 4.69) is 32.5 Å². The molecule has 0 saturated carbocycles. The van der Waals surface area contributed by atoms with Gasteiger partial charge in [0.2, 0.25) is 0 Å². The van der Waals surface area contributed by atoms with Crippen molar-refractivity contribution >= 4 is 75.1 Å². The number of nitrogens with two attached hydrogens (primary N) is 1. The SMILES string of the molecule is CN1CCN(Cc2csc(C(=O)Nc3c(N)cc(Cl)cc3C(=O)Nc3ccc(Cl)cn3)c2Cl)CC1. The summed E-state index contributed by atoms with van der Waals surface area (Å²) in [5.41, 5.74) is 7.38. The summed E-state index contributed by atoms with van der Waals surface area (Å²) in [4.78, 5) is 35.1. The van der Waals surface area contributed by atoms with Gasteiger partial charge in [0.05, 0.1) is 27.0 Å². The second-order valence-electron chi connectivity index (χ2n) is 8.17. The number of hydrogen-bond donors (Lipinski definition) is 3. The Kier molecular flexibility index (Phi) is 8.16. The number of halogens is 3. The molecule has 0 spiro atoms. The van der Waals surface area contributed by atoms with E-state index in [0.29, 0.717) is 21.5 Å². The molecule has 2 amide bonds. The molecule has 3 heterocycles. The van der Waals surface area contributed by atoms with Crippen LogP contribution in [0.25, 0.3) is 0 Å². The van der Waals surface area contributed by atoms with Crippen molar-refractivity contribution in [3.8, 4) is 0 Å². The van der Waals surface area contributed by atoms with Crippen molar-refractivity contribution in [2.24, 2.45) is 0 Å². The van der Waals surface area contributed by atoms with Crippen molar-refractivity contribution in [1.82, 2.24) is 14.8 Å². The van der Waals surface area contributed by atoms with Crippen LogP contribution in [0.4, 0.5) is 17.2 Å². The fourth-order valence-corrected chi connectivity index (χ4v) is 5.22. The van der Waals surface area contributed by atoms with E-state index in [1.807, 2.05) is 5.38 Å². The molecular weight excluding hydrogens is 531 g/mol. The van der Waals surface area contributed by atoms with Crippen molar-refractivity contribution in [2.45, 2.75) is 6.54 Å². The number of thiophene rings is 1. The van der Waals surface area contributed by atoms with Gasteiger partial charge in [0.1, 0.15) is 10.7 Å². The van der Waals surface area contributed by atoms with Crippen molar-refractivity contribution < 1.29 is 9.59 Å². The number of hydrogen-bond acceptors (Lipinski definition) is 7. The van der Waals surface area contributed by atoms with Crippen LogP contribution in [0.1, 0.15) is 25.6 Å². The van der Waals surface area contributed by atoms with Gasteiger partial charge in [0.15, 0.2) is 0 Å². The molecule has 0 atom stereocenters. The van der Waals surface area contributed by atoms with Gasteiger partial charge in [-0.15, -0.1) is 11.3 Å². The zero-order chi connectivity index (χ0) is 25.1. The molecule has 4 N–H and O–H groups in total. The molecule has 35 heavy (non-hydrogen) atoms. The molecule has 3 aromatic rings. The van der Waals surface area contributed by atoms with Gasteiger partial charge in [-0.2, -0.15) is 0 Å². The highest BCUT2D eigenvalue weighted by molar-refractivity contribution is 7.13. The van der Waals surface area contributed by atoms with Crippen LogP contribution in [-0.4, -0.2) is 59.8 Å². The van der Waals surface area contributed by atoms with Crippen molar-refractivity contribution in [2.75, 3.05) is 49.6 Å². The number of likely N-dealkylation sites (N-methyl/N-ethyl adjacent to an activating group) is 1. The van der Waals surface area contributed by atoms with Crippen molar-refractivity contribution in [3.63, 3.8) is 0 Å². The lowest BCUT2D eigenvalue weighted by molar-refractivity contribution is 0.102. The number of anilines is 3. The fourth-order valence-electron chi connectivity index (χ4n) is 3.64. The third-order valence-electron chi connectivity index (χ3n) is 5.58. The highest BCUT2D eigenvalue weighted by Gasteiger charge is 2.23. The number of nitrogens with one attached hydrogen (secondary N) is 2. The number of pyridine rings is 1. The molecule has 1 aliphatic heterocycles. The quantitative estimate of drug-likeness (QED) is 0.374. The lowest BCUT2D eigenvalue weighted by Gasteiger charge is -2.32. The summed E-state index contributed by atoms with van der Waals surface area (Å²) < 4.78 is 0. The Balaban J connectivity index is 1.53. The summed E-state index contributed by atoms with van der Waals surface area (Å²) in [7, 11) is 2.10. The van der Waals surface area contributed by atoms with E-state index in [4.69, 9.17) is 40.5 Å². The summed E-state index contributed by atoms with van der Waals surface area (Å²) in [5, 5.41) is 8.36. The Labute approximate surface area is 222 Å². The third-order valence-corrected chi connectivity index (χ3v) is 7.60. The van der Waals surface area contributed by atoms with Crippen LogP contribution in [-0.2, 0) is 6.54 Å². The maximum absolute atomic E-state index is 13.1. The van der Waals surface area contributed by atoms with E-state index in [1.54, 1.807) is 12.1 Å². The van der Waals surface area contributed by atoms with Crippen LogP contribution >= 0.6 is 46.1 Å². The van der Waals surface area contributed by atoms with E-state index >= 15 is 0 Å². The topological polar surface area (TPSA) is 104 Å². The smallest absolute Gasteiger partial charge is 0.267 e. The average molecular weight is 554 g/mol. The lowest BCUT2D eigenvalue weighted by atomic mass is 10.1. The number of amides is 2. The Morgan fingerprint density at radius 2 is 1.80 bits per heavy atom. The highest BCUT2D eigenvalue weighted by Crippen LogP contribution is 2.33. The molecule has 0 bridgehead atoms. The summed E-state index contributed by atoms with van der Waals surface area (Å²) in [6, 6.07) is 6.04. The maximum atomic E-state index is 13.1. The summed E-state index contributed by atoms with van der Waals surface area (Å²) >= 11 is 19.8. The van der Waals surface area contributed by atoms with Gasteiger partial charge in [-0.05, 0) is 42.3 Å². The number of carbonyl (C=O) groups is 2. The molecule has 12 heteroatoms. The first kappa shape index (κ1) is 25.7. The normalized spacial score (nSPS) is 14.6. The van der Waals surface area contributed by atoms with Gasteiger partial charge >= 0.3 is 0 Å². The first-order valence-corrected chi connectivity index (χ1v) is 12.7. The zero-order valence-corrected chi connectivity index (χ0v) is 21.9. The van der Waals surface area contributed by atoms with Gasteiger partial charge in [0.25, 0.3) is 11.8 Å². The number of carbonyl (C=O) groups excluding carboxylic acids is 2. The van der Waals surface area contributed by atoms with Gasteiger partial charge < -0.3 is 21.3 Å². The monoisotopic (exact) mass is 552 g/mol. The molecule has 1 saturated heterocycles. The number of piperazine rings is 1. The highest BCUT2D eigenvalue weighted by atomic mass is 35.5. The van der Waals surface area contributed by atoms with E-state index in [-0.39, 0.29) is 27.8 Å². The number of benzene rings is 1. The van der Waals surface area contributed by atoms with Crippen LogP contribution in [0.5, 0.6) is 0 Å². The second-order valence-corrected chi connectivity index (χ2v) is 10.3. The largest absolute Gasteiger partial charge is 0.397 e. The van der Waals surface area contributed by atoms with E-state index in [1.165, 1.54) is 29.7 Å². The minimum absolute atomic E-state index is 0.0884. The molecule has 2 aromatic heterocycles. The number of nitrogen functional groups attached to an aromatic ring is 1. The number of aromatic nitrogens is 1. The molecule has 0 unspecified atom stereocenters. The van der Waals surface area contributed by atoms with Gasteiger partial charge in [-0.3, -0.25) is 14.5 Å². The third kappa shape index (κ3) is 6.24. The average Bonchev–Trinajstić information content (AvgIpc) is 3.18. The van der Waals surface area contributed by atoms with Gasteiger partial charge in [0, 0.05) is 43.9 Å². The molecule has 1 aliphatic rings. The number of nitrogens with zero attached hydrogens (tertiary/aromatic N) is 3. The van der Waals surface area contributed by atoms with Crippen LogP contribution in [0.15, 0.2) is 35.8 Å². The van der Waals surface area contributed by atoms with Gasteiger partial charge in [-0.25, -0.2) is 4.98 Å². The molecule has 1 aromatic carbocycles. The van der Waals surface area contributed by atoms with Crippen LogP contribution in [0.2, 0.25) is 15.1 Å². The van der Waals surface area contributed by atoms with Crippen LogP contribution in [0.3, 0.4) is 0 Å². The molecule has 0 aliphatic carbocycles. The summed E-state index contributed by atoms with van der Waals surface area (Å²) in [5.74, 6) is -0.722. The summed E-state index contributed by atoms with van der Waals surface area (Å²) in [6.45, 7) is 4.52. The summed E-state index contributed by atoms with van der Waals surface area (Å²) in [6.07, 6.45) is 1.41. The molecule has 184 valence electrons. The Bertz CT molecular complexity index is 1240. The second kappa shape index (κ2) is 11.1. The Morgan fingerprint density at radius 1 is 1.06 bits per heavy atom. The number of rotatable bonds is 6. The van der Waals surface area contributed by atoms with E-state index in [9.17, 15) is 9.59 Å². The van der Waals surface area contributed by atoms with E-state index < -0.39 is 11.8 Å². The van der Waals surface area contributed by atoms with Crippen molar-refractivity contribution in [3.05, 3.63) is 66.9 Å². The van der Waals surface area contributed by atoms with E-state index in [0.717, 1.165) is 31.7 Å². The molecule has 4 rings (SSSR count). The molecular formula is C23H23Cl3N6O2S. The molecule has 8 nitrogen and oxygen atoms in total. The lowest BCUT2D eigenvalue weighted by Crippen LogP contribution is -2.43. The first-order chi connectivity index (χ1) is 16.7. The molecule has 0 radical (unpaired) electrons. The standard InChI is InChI=1S/C23H23Cl3N6O2S/c1-31-4-6-32(7-5-31)11-13-12-35-21(19(13)26)23(34)30-20-16(8-15(25)9-17(20)27)22(33)29-18-3-2-14(24)10-28-18/h2-3,8-10,12H,4-7,11,27H2,1H3,(H,30,34)(H,28,29,33). The van der Waals surface area contributed by atoms with Gasteiger partial charge in [-0.1, -0.05) is 34.8 Å². The zero-order valence-electron chi connectivity index (χ0n) is 18.8. The minimum Gasteiger partial charge on any atom is -0.397 e. The first-order valence-electron chi connectivity index (χ1n) is 10.7. The predicted octanol–water partition coefficient (Wildman–Crippen LogP) is 4.94.